The van der Waals surface area contributed by atoms with Crippen LogP contribution in [-0.4, -0.2) is 30.8 Å². The summed E-state index contributed by atoms with van der Waals surface area (Å²) >= 11 is 6.10. The van der Waals surface area contributed by atoms with E-state index in [1.165, 1.54) is 0 Å². The smallest absolute Gasteiger partial charge is 0.408 e. The van der Waals surface area contributed by atoms with Crippen LogP contribution in [0.3, 0.4) is 0 Å². The van der Waals surface area contributed by atoms with E-state index in [0.717, 1.165) is 24.0 Å². The molecular weight excluding hydrogens is 430 g/mol. The van der Waals surface area contributed by atoms with Crippen LogP contribution in [-0.2, 0) is 27.4 Å². The van der Waals surface area contributed by atoms with Gasteiger partial charge >= 0.3 is 6.09 Å². The largest absolute Gasteiger partial charge is 0.436 e. The topological polar surface area (TPSA) is 100 Å². The maximum absolute atomic E-state index is 12.7. The van der Waals surface area contributed by atoms with Gasteiger partial charge in [0, 0.05) is 11.6 Å². The van der Waals surface area contributed by atoms with E-state index in [1.54, 1.807) is 6.07 Å². The second-order valence-electron chi connectivity index (χ2n) is 7.71. The average Bonchev–Trinajstić information content (AvgIpc) is 3.62. The third-order valence-electron chi connectivity index (χ3n) is 5.04. The van der Waals surface area contributed by atoms with Crippen molar-refractivity contribution in [1.29, 1.82) is 5.26 Å². The van der Waals surface area contributed by atoms with Gasteiger partial charge in [0.05, 0.1) is 19.3 Å². The summed E-state index contributed by atoms with van der Waals surface area (Å²) < 4.78 is 10.9. The average molecular weight is 456 g/mol. The summed E-state index contributed by atoms with van der Waals surface area (Å²) in [5, 5.41) is 15.3. The number of halogens is 1. The van der Waals surface area contributed by atoms with Crippen LogP contribution in [0.1, 0.15) is 30.4 Å². The molecule has 0 radical (unpaired) electrons. The van der Waals surface area contributed by atoms with Gasteiger partial charge in [-0.2, -0.15) is 5.26 Å². The summed E-state index contributed by atoms with van der Waals surface area (Å²) in [6, 6.07) is 17.8. The van der Waals surface area contributed by atoms with Gasteiger partial charge in [0.15, 0.2) is 6.10 Å². The van der Waals surface area contributed by atoms with Gasteiger partial charge in [-0.25, -0.2) is 4.79 Å². The molecule has 0 bridgehead atoms. The minimum atomic E-state index is -0.960. The lowest BCUT2D eigenvalue weighted by Crippen LogP contribution is -2.45. The van der Waals surface area contributed by atoms with Crippen molar-refractivity contribution in [1.82, 2.24) is 10.6 Å². The predicted molar refractivity (Wildman–Crippen MR) is 120 cm³/mol. The highest BCUT2D eigenvalue weighted by molar-refractivity contribution is 6.31. The van der Waals surface area contributed by atoms with Crippen molar-refractivity contribution in [2.24, 2.45) is 5.92 Å². The second-order valence-corrected chi connectivity index (χ2v) is 8.12. The van der Waals surface area contributed by atoms with Crippen LogP contribution in [0.4, 0.5) is 4.79 Å². The van der Waals surface area contributed by atoms with E-state index in [1.807, 2.05) is 54.6 Å². The third kappa shape index (κ3) is 7.88. The monoisotopic (exact) mass is 455 g/mol. The SMILES string of the molecule is N#CC(COCc1ccccc1Cl)NC(=O)C(CC1CC1)OC(=O)NCc1ccccc1. The molecule has 2 unspecified atom stereocenters. The Morgan fingerprint density at radius 2 is 1.84 bits per heavy atom. The lowest BCUT2D eigenvalue weighted by Gasteiger charge is -2.20. The van der Waals surface area contributed by atoms with Crippen molar-refractivity contribution in [2.75, 3.05) is 6.61 Å². The molecule has 0 spiro atoms. The van der Waals surface area contributed by atoms with Gasteiger partial charge < -0.3 is 20.1 Å². The molecule has 0 saturated heterocycles. The lowest BCUT2D eigenvalue weighted by atomic mass is 10.1. The van der Waals surface area contributed by atoms with Crippen LogP contribution in [0.5, 0.6) is 0 Å². The Morgan fingerprint density at radius 1 is 1.12 bits per heavy atom. The fourth-order valence-electron chi connectivity index (χ4n) is 3.08. The highest BCUT2D eigenvalue weighted by Crippen LogP contribution is 2.34. The number of nitrogens with one attached hydrogen (secondary N) is 2. The molecular formula is C24H26ClN3O4. The molecule has 32 heavy (non-hydrogen) atoms. The Hall–Kier alpha value is -3.08. The number of carbonyl (C=O) groups is 2. The number of benzene rings is 2. The number of rotatable bonds is 11. The van der Waals surface area contributed by atoms with E-state index in [2.05, 4.69) is 10.6 Å². The lowest BCUT2D eigenvalue weighted by molar-refractivity contribution is -0.130. The van der Waals surface area contributed by atoms with Crippen LogP contribution in [0, 0.1) is 17.2 Å². The maximum Gasteiger partial charge on any atom is 0.408 e. The van der Waals surface area contributed by atoms with Crippen molar-refractivity contribution in [3.8, 4) is 6.07 Å². The molecule has 1 fully saturated rings. The fourth-order valence-corrected chi connectivity index (χ4v) is 3.27. The van der Waals surface area contributed by atoms with Crippen molar-refractivity contribution >= 4 is 23.6 Å². The molecule has 1 saturated carbocycles. The van der Waals surface area contributed by atoms with Crippen LogP contribution >= 0.6 is 11.6 Å². The van der Waals surface area contributed by atoms with Gasteiger partial charge in [-0.05, 0) is 29.5 Å². The Balaban J connectivity index is 1.48. The van der Waals surface area contributed by atoms with Gasteiger partial charge in [0.25, 0.3) is 5.91 Å². The maximum atomic E-state index is 12.7. The molecule has 3 rings (SSSR count). The summed E-state index contributed by atoms with van der Waals surface area (Å²) in [6.07, 6.45) is 0.808. The van der Waals surface area contributed by atoms with E-state index in [9.17, 15) is 14.9 Å². The first-order valence-electron chi connectivity index (χ1n) is 10.5. The van der Waals surface area contributed by atoms with Crippen LogP contribution in [0.25, 0.3) is 0 Å². The third-order valence-corrected chi connectivity index (χ3v) is 5.41. The van der Waals surface area contributed by atoms with Gasteiger partial charge in [-0.15, -0.1) is 0 Å². The molecule has 2 N–H and O–H groups in total. The first-order chi connectivity index (χ1) is 15.5. The first-order valence-corrected chi connectivity index (χ1v) is 10.9. The number of carbonyl (C=O) groups excluding carboxylic acids is 2. The summed E-state index contributed by atoms with van der Waals surface area (Å²) in [4.78, 5) is 25.0. The molecule has 1 aliphatic rings. The molecule has 7 nitrogen and oxygen atoms in total. The van der Waals surface area contributed by atoms with Crippen molar-refractivity contribution in [3.63, 3.8) is 0 Å². The zero-order valence-corrected chi connectivity index (χ0v) is 18.4. The van der Waals surface area contributed by atoms with E-state index >= 15 is 0 Å². The number of nitrogens with zero attached hydrogens (tertiary/aromatic N) is 1. The van der Waals surface area contributed by atoms with E-state index in [-0.39, 0.29) is 13.2 Å². The van der Waals surface area contributed by atoms with Gasteiger partial charge in [0.2, 0.25) is 0 Å². The van der Waals surface area contributed by atoms with Gasteiger partial charge in [0.1, 0.15) is 6.04 Å². The highest BCUT2D eigenvalue weighted by Gasteiger charge is 2.33. The number of alkyl carbamates (subject to hydrolysis) is 1. The Kier molecular flexibility index (Phi) is 8.90. The van der Waals surface area contributed by atoms with Gasteiger partial charge in [-0.3, -0.25) is 4.79 Å². The molecule has 2 aromatic rings. The van der Waals surface area contributed by atoms with Crippen molar-refractivity contribution in [3.05, 3.63) is 70.7 Å². The molecule has 2 aromatic carbocycles. The van der Waals surface area contributed by atoms with E-state index < -0.39 is 24.1 Å². The zero-order valence-electron chi connectivity index (χ0n) is 17.6. The summed E-state index contributed by atoms with van der Waals surface area (Å²) in [6.45, 7) is 0.510. The quantitative estimate of drug-likeness (QED) is 0.534. The number of hydrogen-bond donors (Lipinski definition) is 2. The zero-order chi connectivity index (χ0) is 22.8. The molecule has 8 heteroatoms. The Labute approximate surface area is 192 Å². The molecule has 0 aliphatic heterocycles. The summed E-state index contributed by atoms with van der Waals surface area (Å²) in [7, 11) is 0. The Morgan fingerprint density at radius 3 is 2.53 bits per heavy atom. The summed E-state index contributed by atoms with van der Waals surface area (Å²) in [5.74, 6) is -0.149. The van der Waals surface area contributed by atoms with Crippen LogP contribution in [0.2, 0.25) is 5.02 Å². The van der Waals surface area contributed by atoms with Crippen molar-refractivity contribution in [2.45, 2.75) is 44.6 Å². The molecule has 168 valence electrons. The number of amides is 2. The first kappa shape index (κ1) is 23.6. The number of ether oxygens (including phenoxy) is 2. The van der Waals surface area contributed by atoms with E-state index in [4.69, 9.17) is 21.1 Å². The van der Waals surface area contributed by atoms with Crippen LogP contribution in [0.15, 0.2) is 54.6 Å². The van der Waals surface area contributed by atoms with Gasteiger partial charge in [-0.1, -0.05) is 73.0 Å². The Bertz CT molecular complexity index is 944. The van der Waals surface area contributed by atoms with Crippen LogP contribution < -0.4 is 10.6 Å². The molecule has 2 amide bonds. The van der Waals surface area contributed by atoms with E-state index in [0.29, 0.717) is 23.9 Å². The molecule has 0 aromatic heterocycles. The molecule has 2 atom stereocenters. The number of nitriles is 1. The highest BCUT2D eigenvalue weighted by atomic mass is 35.5. The summed E-state index contributed by atoms with van der Waals surface area (Å²) in [5.41, 5.74) is 1.72. The molecule has 0 heterocycles. The normalized spacial score (nSPS) is 14.6. The minimum Gasteiger partial charge on any atom is -0.436 e. The van der Waals surface area contributed by atoms with Crippen molar-refractivity contribution < 1.29 is 19.1 Å². The minimum absolute atomic E-state index is 0.0101. The standard InChI is InChI=1S/C24H26ClN3O4/c25-21-9-5-4-8-19(21)15-31-16-20(13-26)28-23(29)22(12-17-10-11-17)32-24(30)27-14-18-6-2-1-3-7-18/h1-9,17,20,22H,10-12,14-16H2,(H,27,30)(H,28,29). The second kappa shape index (κ2) is 12.1. The molecule has 1 aliphatic carbocycles. The number of hydrogen-bond acceptors (Lipinski definition) is 5. The predicted octanol–water partition coefficient (Wildman–Crippen LogP) is 3.96. The fraction of sp³-hybridized carbons (Fsp3) is 0.375.